The standard InChI is InChI=1S/C19H21NO7S/c1-9-14-10(20-15(9)13-6-3-7-28-13)4-2-5-11(14)27-19(25)17(23)16(22)12(8-21)26-18(19)24/h2-7,12,16-18,20-25H,8H2,1H3/t12-,16-,17+,18+,19+/m1/s1. The van der Waals surface area contributed by atoms with Crippen molar-refractivity contribution in [2.24, 2.45) is 0 Å². The number of fused-ring (bicyclic) bond motifs is 1. The Labute approximate surface area is 164 Å². The van der Waals surface area contributed by atoms with Crippen LogP contribution >= 0.6 is 11.3 Å². The molecule has 0 spiro atoms. The van der Waals surface area contributed by atoms with Gasteiger partial charge in [0.15, 0.2) is 6.10 Å². The summed E-state index contributed by atoms with van der Waals surface area (Å²) < 4.78 is 10.7. The minimum atomic E-state index is -2.62. The molecule has 1 saturated heterocycles. The van der Waals surface area contributed by atoms with Gasteiger partial charge in [0.05, 0.1) is 17.2 Å². The van der Waals surface area contributed by atoms with Gasteiger partial charge in [-0.2, -0.15) is 0 Å². The van der Waals surface area contributed by atoms with E-state index < -0.39 is 37.0 Å². The second-order valence-electron chi connectivity index (χ2n) is 6.78. The van der Waals surface area contributed by atoms with E-state index in [-0.39, 0.29) is 5.75 Å². The van der Waals surface area contributed by atoms with Gasteiger partial charge in [0.2, 0.25) is 6.29 Å². The lowest BCUT2D eigenvalue weighted by molar-refractivity contribution is -0.385. The Morgan fingerprint density at radius 2 is 2.00 bits per heavy atom. The summed E-state index contributed by atoms with van der Waals surface area (Å²) in [5.74, 6) is -2.42. The fraction of sp³-hybridized carbons (Fsp3) is 0.368. The van der Waals surface area contributed by atoms with Gasteiger partial charge in [-0.25, -0.2) is 0 Å². The summed E-state index contributed by atoms with van der Waals surface area (Å²) in [5.41, 5.74) is 2.51. The molecular weight excluding hydrogens is 386 g/mol. The van der Waals surface area contributed by atoms with Gasteiger partial charge in [-0.15, -0.1) is 11.3 Å². The molecule has 8 nitrogen and oxygen atoms in total. The van der Waals surface area contributed by atoms with Crippen LogP contribution in [-0.4, -0.2) is 67.5 Å². The van der Waals surface area contributed by atoms with E-state index in [1.807, 2.05) is 30.5 Å². The number of aromatic nitrogens is 1. The average Bonchev–Trinajstić information content (AvgIpc) is 3.32. The zero-order valence-electron chi connectivity index (χ0n) is 14.9. The van der Waals surface area contributed by atoms with Crippen LogP contribution < -0.4 is 4.74 Å². The first kappa shape index (κ1) is 19.3. The summed E-state index contributed by atoms with van der Waals surface area (Å²) in [5, 5.41) is 53.2. The van der Waals surface area contributed by atoms with Gasteiger partial charge < -0.3 is 40.0 Å². The Bertz CT molecular complexity index is 972. The predicted octanol–water partition coefficient (Wildman–Crippen LogP) is 0.704. The molecule has 1 aliphatic rings. The Hall–Kier alpha value is -1.98. The first-order valence-electron chi connectivity index (χ1n) is 8.74. The number of hydrogen-bond acceptors (Lipinski definition) is 8. The number of nitrogens with one attached hydrogen (secondary N) is 1. The first-order valence-corrected chi connectivity index (χ1v) is 9.62. The van der Waals surface area contributed by atoms with E-state index in [1.165, 1.54) is 0 Å². The summed E-state index contributed by atoms with van der Waals surface area (Å²) in [4.78, 5) is 4.34. The molecule has 3 heterocycles. The quantitative estimate of drug-likeness (QED) is 0.351. The number of H-pyrrole nitrogens is 1. The second-order valence-corrected chi connectivity index (χ2v) is 7.73. The topological polar surface area (TPSA) is 135 Å². The average molecular weight is 407 g/mol. The molecule has 0 bridgehead atoms. The molecule has 0 amide bonds. The lowest BCUT2D eigenvalue weighted by Gasteiger charge is -2.45. The van der Waals surface area contributed by atoms with Crippen molar-refractivity contribution in [2.75, 3.05) is 6.61 Å². The third kappa shape index (κ3) is 2.92. The van der Waals surface area contributed by atoms with Crippen LogP contribution in [-0.2, 0) is 4.74 Å². The molecule has 1 fully saturated rings. The van der Waals surface area contributed by atoms with Crippen molar-refractivity contribution < 1.29 is 35.0 Å². The van der Waals surface area contributed by atoms with E-state index >= 15 is 0 Å². The molecular formula is C19H21NO7S. The number of aryl methyl sites for hydroxylation is 1. The van der Waals surface area contributed by atoms with Crippen LogP contribution in [0.15, 0.2) is 35.7 Å². The fourth-order valence-corrected chi connectivity index (χ4v) is 4.29. The first-order chi connectivity index (χ1) is 13.4. The third-order valence-electron chi connectivity index (χ3n) is 5.04. The number of rotatable bonds is 4. The molecule has 0 aliphatic carbocycles. The van der Waals surface area contributed by atoms with Crippen molar-refractivity contribution in [1.29, 1.82) is 0 Å². The highest BCUT2D eigenvalue weighted by atomic mass is 32.1. The Morgan fingerprint density at radius 1 is 1.21 bits per heavy atom. The number of ether oxygens (including phenoxy) is 2. The van der Waals surface area contributed by atoms with Gasteiger partial charge in [0.25, 0.3) is 5.79 Å². The van der Waals surface area contributed by atoms with E-state index in [2.05, 4.69) is 4.98 Å². The van der Waals surface area contributed by atoms with Crippen molar-refractivity contribution in [2.45, 2.75) is 37.3 Å². The molecule has 0 unspecified atom stereocenters. The lowest BCUT2D eigenvalue weighted by atomic mass is 9.95. The molecule has 28 heavy (non-hydrogen) atoms. The highest BCUT2D eigenvalue weighted by Crippen LogP contribution is 2.40. The Kier molecular flexibility index (Phi) is 4.92. The van der Waals surface area contributed by atoms with Crippen LogP contribution in [0.3, 0.4) is 0 Å². The van der Waals surface area contributed by atoms with Crippen molar-refractivity contribution in [3.8, 4) is 16.3 Å². The summed E-state index contributed by atoms with van der Waals surface area (Å²) >= 11 is 1.57. The minimum Gasteiger partial charge on any atom is -0.454 e. The molecule has 1 aromatic carbocycles. The minimum absolute atomic E-state index is 0.202. The van der Waals surface area contributed by atoms with E-state index in [4.69, 9.17) is 9.47 Å². The monoisotopic (exact) mass is 407 g/mol. The van der Waals surface area contributed by atoms with Crippen LogP contribution in [0.1, 0.15) is 5.56 Å². The Morgan fingerprint density at radius 3 is 2.68 bits per heavy atom. The smallest absolute Gasteiger partial charge is 0.288 e. The van der Waals surface area contributed by atoms with Crippen molar-refractivity contribution >= 4 is 22.2 Å². The third-order valence-corrected chi connectivity index (χ3v) is 5.93. The molecule has 1 aliphatic heterocycles. The van der Waals surface area contributed by atoms with Crippen LogP contribution in [0.25, 0.3) is 21.5 Å². The molecule has 2 aromatic heterocycles. The Balaban J connectivity index is 1.76. The van der Waals surface area contributed by atoms with Gasteiger partial charge in [0, 0.05) is 10.9 Å². The highest BCUT2D eigenvalue weighted by molar-refractivity contribution is 7.13. The molecule has 6 N–H and O–H groups in total. The number of aliphatic hydroxyl groups is 5. The van der Waals surface area contributed by atoms with Crippen LogP contribution in [0, 0.1) is 6.92 Å². The predicted molar refractivity (Wildman–Crippen MR) is 102 cm³/mol. The van der Waals surface area contributed by atoms with Crippen molar-refractivity contribution in [1.82, 2.24) is 4.98 Å². The second kappa shape index (κ2) is 7.12. The normalized spacial score (nSPS) is 30.6. The maximum absolute atomic E-state index is 10.8. The largest absolute Gasteiger partial charge is 0.454 e. The number of hydrogen-bond donors (Lipinski definition) is 6. The van der Waals surface area contributed by atoms with Gasteiger partial charge in [0.1, 0.15) is 18.0 Å². The molecule has 3 aromatic rings. The zero-order valence-corrected chi connectivity index (χ0v) is 15.8. The SMILES string of the molecule is Cc1c(-c2cccs2)[nH]c2cccc(O[C@]3(O)[C@@H](O)O[C@H](CO)[C@@H](O)[C@@H]3O)c12. The molecule has 0 saturated carbocycles. The number of aliphatic hydroxyl groups excluding tert-OH is 4. The van der Waals surface area contributed by atoms with Gasteiger partial charge >= 0.3 is 0 Å². The van der Waals surface area contributed by atoms with Crippen LogP contribution in [0.5, 0.6) is 5.75 Å². The van der Waals surface area contributed by atoms with E-state index in [0.29, 0.717) is 5.39 Å². The molecule has 0 radical (unpaired) electrons. The molecule has 9 heteroatoms. The summed E-state index contributed by atoms with van der Waals surface area (Å²) in [6, 6.07) is 9.05. The maximum Gasteiger partial charge on any atom is 0.288 e. The number of thiophene rings is 1. The van der Waals surface area contributed by atoms with Crippen molar-refractivity contribution in [3.63, 3.8) is 0 Å². The van der Waals surface area contributed by atoms with Crippen LogP contribution in [0.4, 0.5) is 0 Å². The van der Waals surface area contributed by atoms with E-state index in [0.717, 1.165) is 21.7 Å². The summed E-state index contributed by atoms with van der Waals surface area (Å²) in [6.45, 7) is 1.26. The summed E-state index contributed by atoms with van der Waals surface area (Å²) in [7, 11) is 0. The number of aromatic amines is 1. The fourth-order valence-electron chi connectivity index (χ4n) is 3.50. The highest BCUT2D eigenvalue weighted by Gasteiger charge is 2.57. The van der Waals surface area contributed by atoms with Gasteiger partial charge in [-0.1, -0.05) is 12.1 Å². The van der Waals surface area contributed by atoms with E-state index in [1.54, 1.807) is 23.5 Å². The number of benzene rings is 1. The van der Waals surface area contributed by atoms with E-state index in [9.17, 15) is 25.5 Å². The summed E-state index contributed by atoms with van der Waals surface area (Å²) in [6.07, 6.45) is -6.77. The lowest BCUT2D eigenvalue weighted by Crippen LogP contribution is -2.69. The van der Waals surface area contributed by atoms with Crippen LogP contribution in [0.2, 0.25) is 0 Å². The molecule has 5 atom stereocenters. The molecule has 4 rings (SSSR count). The maximum atomic E-state index is 10.8. The zero-order chi connectivity index (χ0) is 20.1. The van der Waals surface area contributed by atoms with Crippen molar-refractivity contribution in [3.05, 3.63) is 41.3 Å². The molecule has 150 valence electrons. The van der Waals surface area contributed by atoms with Gasteiger partial charge in [-0.05, 0) is 36.1 Å². The van der Waals surface area contributed by atoms with Gasteiger partial charge in [-0.3, -0.25) is 0 Å².